The Morgan fingerprint density at radius 2 is 1.91 bits per heavy atom. The maximum Gasteiger partial charge on any atom is 1.00 e. The Hall–Kier alpha value is 1.58. The van der Waals surface area contributed by atoms with E-state index in [0.717, 1.165) is 0 Å². The van der Waals surface area contributed by atoms with Crippen LogP contribution in [0, 0.1) is 0 Å². The molecule has 4 nitrogen and oxygen atoms in total. The Kier molecular flexibility index (Phi) is 16.2. The van der Waals surface area contributed by atoms with Gasteiger partial charge in [0.05, 0.1) is 0 Å². The molecule has 0 spiro atoms. The average Bonchev–Trinajstić information content (AvgIpc) is 1.63. The predicted molar refractivity (Wildman–Crippen MR) is 28.0 cm³/mol. The fourth-order valence-corrected chi connectivity index (χ4v) is 0.575. The van der Waals surface area contributed by atoms with Gasteiger partial charge in [-0.2, -0.15) is 0 Å². The quantitative estimate of drug-likeness (QED) is 0.331. The Balaban J connectivity index is -0.000000320. The summed E-state index contributed by atoms with van der Waals surface area (Å²) in [4.78, 5) is 9.73. The summed E-state index contributed by atoms with van der Waals surface area (Å²) < 4.78 is 19.9. The first-order chi connectivity index (χ1) is 4.04. The summed E-state index contributed by atoms with van der Waals surface area (Å²) in [6.07, 6.45) is -0.434. The second-order valence-corrected chi connectivity index (χ2v) is 2.97. The molecule has 0 amide bonds. The van der Waals surface area contributed by atoms with Gasteiger partial charge in [0.25, 0.3) is 0 Å². The van der Waals surface area contributed by atoms with E-state index in [1.165, 1.54) is 6.92 Å². The standard InChI is InChI=1S/C4H8O4S.2Na/c1-3(9(7)8)2-4(5)6;;/h3H,2H2,1H3,(H,5,6)(H,7,8);;/q;2*+1/p-2. The average molecular weight is 196 g/mol. The summed E-state index contributed by atoms with van der Waals surface area (Å²) in [6.45, 7) is 1.30. The molecule has 0 fully saturated rings. The fraction of sp³-hybridized carbons (Fsp3) is 0.750. The van der Waals surface area contributed by atoms with Gasteiger partial charge in [-0.25, -0.2) is 0 Å². The molecule has 0 aliphatic rings. The van der Waals surface area contributed by atoms with Crippen LogP contribution in [0.2, 0.25) is 0 Å². The van der Waals surface area contributed by atoms with Gasteiger partial charge in [0.1, 0.15) is 0 Å². The van der Waals surface area contributed by atoms with E-state index in [4.69, 9.17) is 0 Å². The molecule has 0 aliphatic heterocycles. The van der Waals surface area contributed by atoms with Crippen molar-refractivity contribution < 1.29 is 77.8 Å². The molecule has 0 radical (unpaired) electrons. The molecule has 0 N–H and O–H groups in total. The van der Waals surface area contributed by atoms with Crippen LogP contribution >= 0.6 is 0 Å². The van der Waals surface area contributed by atoms with Gasteiger partial charge in [0.15, 0.2) is 0 Å². The number of hydrogen-bond acceptors (Lipinski definition) is 4. The smallest absolute Gasteiger partial charge is 0.772 e. The molecule has 0 aliphatic carbocycles. The van der Waals surface area contributed by atoms with Gasteiger partial charge in [-0.15, -0.1) is 0 Å². The maximum absolute atomic E-state index is 9.94. The first-order valence-corrected chi connectivity index (χ1v) is 3.45. The molecular formula is C4H6Na2O4S. The van der Waals surface area contributed by atoms with Gasteiger partial charge in [0.2, 0.25) is 0 Å². The van der Waals surface area contributed by atoms with Crippen LogP contribution in [0.3, 0.4) is 0 Å². The van der Waals surface area contributed by atoms with E-state index in [0.29, 0.717) is 0 Å². The van der Waals surface area contributed by atoms with Gasteiger partial charge in [-0.05, 0) is 6.42 Å². The molecule has 0 aromatic carbocycles. The monoisotopic (exact) mass is 196 g/mol. The number of carboxylic acids is 1. The van der Waals surface area contributed by atoms with Crippen molar-refractivity contribution in [3.8, 4) is 0 Å². The summed E-state index contributed by atoms with van der Waals surface area (Å²) in [7, 11) is 0. The van der Waals surface area contributed by atoms with Crippen molar-refractivity contribution in [2.75, 3.05) is 0 Å². The SMILES string of the molecule is CC(CC(=O)[O-])S(=O)[O-].[Na+].[Na+]. The predicted octanol–water partition coefficient (Wildman–Crippen LogP) is -7.60. The van der Waals surface area contributed by atoms with Crippen LogP contribution < -0.4 is 64.2 Å². The van der Waals surface area contributed by atoms with Crippen molar-refractivity contribution >= 4 is 17.0 Å². The van der Waals surface area contributed by atoms with Crippen LogP contribution in [-0.2, 0) is 15.9 Å². The van der Waals surface area contributed by atoms with Crippen molar-refractivity contribution in [1.29, 1.82) is 0 Å². The molecule has 54 valence electrons. The number of carbonyl (C=O) groups excluding carboxylic acids is 1. The molecule has 7 heteroatoms. The zero-order valence-electron chi connectivity index (χ0n) is 6.83. The van der Waals surface area contributed by atoms with Crippen LogP contribution in [0.25, 0.3) is 0 Å². The van der Waals surface area contributed by atoms with Crippen molar-refractivity contribution in [2.45, 2.75) is 18.6 Å². The second-order valence-electron chi connectivity index (χ2n) is 1.65. The normalized spacial score (nSPS) is 13.6. The Bertz CT molecular complexity index is 140. The molecule has 0 aromatic rings. The molecule has 0 saturated carbocycles. The van der Waals surface area contributed by atoms with Crippen LogP contribution in [0.1, 0.15) is 13.3 Å². The van der Waals surface area contributed by atoms with E-state index in [-0.39, 0.29) is 59.1 Å². The van der Waals surface area contributed by atoms with Gasteiger partial charge < -0.3 is 14.5 Å². The van der Waals surface area contributed by atoms with E-state index < -0.39 is 28.7 Å². The third-order valence-electron chi connectivity index (χ3n) is 0.783. The Morgan fingerprint density at radius 3 is 2.00 bits per heavy atom. The van der Waals surface area contributed by atoms with E-state index in [2.05, 4.69) is 0 Å². The minimum atomic E-state index is -2.30. The molecule has 0 saturated heterocycles. The number of aliphatic carboxylic acids is 1. The maximum atomic E-state index is 9.94. The number of hydrogen-bond donors (Lipinski definition) is 0. The summed E-state index contributed by atoms with van der Waals surface area (Å²) >= 11 is -2.30. The minimum Gasteiger partial charge on any atom is -0.772 e. The number of rotatable bonds is 3. The zero-order chi connectivity index (χ0) is 7.44. The van der Waals surface area contributed by atoms with Gasteiger partial charge in [-0.1, -0.05) is 18.0 Å². The molecule has 0 rings (SSSR count). The topological polar surface area (TPSA) is 80.3 Å². The van der Waals surface area contributed by atoms with Crippen molar-refractivity contribution in [3.05, 3.63) is 0 Å². The van der Waals surface area contributed by atoms with Gasteiger partial charge >= 0.3 is 59.1 Å². The molecular weight excluding hydrogens is 190 g/mol. The van der Waals surface area contributed by atoms with Gasteiger partial charge in [0, 0.05) is 11.2 Å². The molecule has 11 heavy (non-hydrogen) atoms. The number of carboxylic acid groups (broad SMARTS) is 1. The van der Waals surface area contributed by atoms with E-state index in [1.807, 2.05) is 0 Å². The fourth-order valence-electron chi connectivity index (χ4n) is 0.303. The van der Waals surface area contributed by atoms with E-state index >= 15 is 0 Å². The van der Waals surface area contributed by atoms with E-state index in [9.17, 15) is 18.7 Å². The molecule has 0 aromatic heterocycles. The van der Waals surface area contributed by atoms with Crippen LogP contribution in [0.4, 0.5) is 0 Å². The summed E-state index contributed by atoms with van der Waals surface area (Å²) in [5.41, 5.74) is 0. The Morgan fingerprint density at radius 1 is 1.55 bits per heavy atom. The molecule has 0 bridgehead atoms. The van der Waals surface area contributed by atoms with Crippen molar-refractivity contribution in [2.24, 2.45) is 0 Å². The van der Waals surface area contributed by atoms with Crippen LogP contribution in [0.15, 0.2) is 0 Å². The first kappa shape index (κ1) is 18.4. The molecule has 2 atom stereocenters. The summed E-state index contributed by atoms with van der Waals surface area (Å²) in [5.74, 6) is -1.34. The third-order valence-corrected chi connectivity index (χ3v) is 1.61. The van der Waals surface area contributed by atoms with Crippen LogP contribution in [0.5, 0.6) is 0 Å². The third kappa shape index (κ3) is 11.6. The van der Waals surface area contributed by atoms with Crippen molar-refractivity contribution in [1.82, 2.24) is 0 Å². The van der Waals surface area contributed by atoms with Crippen LogP contribution in [-0.4, -0.2) is 20.0 Å². The summed E-state index contributed by atoms with van der Waals surface area (Å²) in [5, 5.41) is 8.88. The molecule has 2 unspecified atom stereocenters. The molecule has 0 heterocycles. The van der Waals surface area contributed by atoms with Gasteiger partial charge in [-0.3, -0.25) is 4.21 Å². The second kappa shape index (κ2) is 9.67. The first-order valence-electron chi connectivity index (χ1n) is 2.32. The number of carbonyl (C=O) groups is 1. The van der Waals surface area contributed by atoms with Crippen molar-refractivity contribution in [3.63, 3.8) is 0 Å². The minimum absolute atomic E-state index is 0. The summed E-state index contributed by atoms with van der Waals surface area (Å²) in [6, 6.07) is 0. The zero-order valence-corrected chi connectivity index (χ0v) is 11.6. The Labute approximate surface area is 112 Å². The largest absolute Gasteiger partial charge is 1.00 e. The van der Waals surface area contributed by atoms with E-state index in [1.54, 1.807) is 0 Å².